The lowest BCUT2D eigenvalue weighted by Crippen LogP contribution is -2.14. The van der Waals surface area contributed by atoms with Crippen LogP contribution >= 0.6 is 0 Å². The molecule has 128 valence electrons. The van der Waals surface area contributed by atoms with Gasteiger partial charge < -0.3 is 14.8 Å². The van der Waals surface area contributed by atoms with Crippen molar-refractivity contribution in [3.63, 3.8) is 0 Å². The van der Waals surface area contributed by atoms with Gasteiger partial charge >= 0.3 is 0 Å². The van der Waals surface area contributed by atoms with E-state index in [0.29, 0.717) is 29.4 Å². The summed E-state index contributed by atoms with van der Waals surface area (Å²) in [6.45, 7) is 4.30. The second-order valence-corrected chi connectivity index (χ2v) is 5.28. The molecule has 2 aromatic carbocycles. The minimum Gasteiger partial charge on any atom is -0.493 e. The van der Waals surface area contributed by atoms with Gasteiger partial charge in [0.1, 0.15) is 11.6 Å². The van der Waals surface area contributed by atoms with E-state index in [1.807, 2.05) is 38.1 Å². The van der Waals surface area contributed by atoms with E-state index in [1.54, 1.807) is 31.4 Å². The molecule has 5 nitrogen and oxygen atoms in total. The van der Waals surface area contributed by atoms with E-state index in [9.17, 15) is 10.1 Å². The summed E-state index contributed by atoms with van der Waals surface area (Å²) < 4.78 is 10.8. The van der Waals surface area contributed by atoms with Gasteiger partial charge in [-0.2, -0.15) is 5.26 Å². The molecular weight excluding hydrogens is 316 g/mol. The number of amides is 1. The van der Waals surface area contributed by atoms with Crippen molar-refractivity contribution in [1.82, 2.24) is 0 Å². The van der Waals surface area contributed by atoms with Gasteiger partial charge in [-0.05, 0) is 49.2 Å². The van der Waals surface area contributed by atoms with Gasteiger partial charge in [-0.1, -0.05) is 24.3 Å². The number of anilines is 1. The second kappa shape index (κ2) is 8.55. The molecule has 0 aliphatic heterocycles. The van der Waals surface area contributed by atoms with Crippen LogP contribution in [0.3, 0.4) is 0 Å². The Morgan fingerprint density at radius 2 is 2.00 bits per heavy atom. The summed E-state index contributed by atoms with van der Waals surface area (Å²) in [5.74, 6) is 0.710. The van der Waals surface area contributed by atoms with Crippen molar-refractivity contribution < 1.29 is 14.3 Å². The first-order chi connectivity index (χ1) is 12.1. The standard InChI is InChI=1S/C20H20N2O3/c1-4-25-18-10-9-15(12-19(18)24-3)11-16(13-21)20(23)22-17-8-6-5-7-14(17)2/h5-12H,4H2,1-3H3,(H,22,23)/b16-11+. The fourth-order valence-electron chi connectivity index (χ4n) is 2.27. The number of methoxy groups -OCH3 is 1. The largest absolute Gasteiger partial charge is 0.493 e. The predicted octanol–water partition coefficient (Wildman–Crippen LogP) is 3.95. The lowest BCUT2D eigenvalue weighted by atomic mass is 10.1. The Morgan fingerprint density at radius 1 is 1.24 bits per heavy atom. The number of benzene rings is 2. The number of nitrogens with zero attached hydrogens (tertiary/aromatic N) is 1. The monoisotopic (exact) mass is 336 g/mol. The van der Waals surface area contributed by atoms with Gasteiger partial charge in [-0.3, -0.25) is 4.79 Å². The summed E-state index contributed by atoms with van der Waals surface area (Å²) in [6.07, 6.45) is 1.52. The van der Waals surface area contributed by atoms with Crippen LogP contribution in [0.2, 0.25) is 0 Å². The number of nitrogens with one attached hydrogen (secondary N) is 1. The molecule has 0 aromatic heterocycles. The van der Waals surface area contributed by atoms with E-state index in [0.717, 1.165) is 5.56 Å². The van der Waals surface area contributed by atoms with Crippen LogP contribution in [0.4, 0.5) is 5.69 Å². The molecule has 0 unspecified atom stereocenters. The van der Waals surface area contributed by atoms with Crippen LogP contribution in [0.5, 0.6) is 11.5 Å². The van der Waals surface area contributed by atoms with Crippen molar-refractivity contribution in [3.05, 3.63) is 59.2 Å². The minimum absolute atomic E-state index is 0.00876. The molecule has 0 heterocycles. The number of carbonyl (C=O) groups excluding carboxylic acids is 1. The Morgan fingerprint density at radius 3 is 2.64 bits per heavy atom. The SMILES string of the molecule is CCOc1ccc(/C=C(\C#N)C(=O)Nc2ccccc2C)cc1OC. The topological polar surface area (TPSA) is 71.3 Å². The molecule has 1 amide bonds. The number of ether oxygens (including phenoxy) is 2. The van der Waals surface area contributed by atoms with E-state index in [4.69, 9.17) is 9.47 Å². The Bertz CT molecular complexity index is 835. The summed E-state index contributed by atoms with van der Waals surface area (Å²) >= 11 is 0. The number of nitriles is 1. The summed E-state index contributed by atoms with van der Waals surface area (Å²) in [5.41, 5.74) is 2.29. The molecule has 2 aromatic rings. The average molecular weight is 336 g/mol. The molecule has 0 saturated carbocycles. The van der Waals surface area contributed by atoms with Gasteiger partial charge in [-0.15, -0.1) is 0 Å². The highest BCUT2D eigenvalue weighted by Crippen LogP contribution is 2.29. The van der Waals surface area contributed by atoms with Crippen LogP contribution in [0.25, 0.3) is 6.08 Å². The molecule has 0 fully saturated rings. The van der Waals surface area contributed by atoms with Gasteiger partial charge in [0, 0.05) is 5.69 Å². The molecule has 0 atom stereocenters. The molecule has 0 saturated heterocycles. The maximum Gasteiger partial charge on any atom is 0.266 e. The Hall–Kier alpha value is -3.26. The zero-order chi connectivity index (χ0) is 18.2. The molecule has 1 N–H and O–H groups in total. The molecule has 0 spiro atoms. The molecule has 0 aliphatic carbocycles. The van der Waals surface area contributed by atoms with Gasteiger partial charge in [-0.25, -0.2) is 0 Å². The quantitative estimate of drug-likeness (QED) is 0.640. The van der Waals surface area contributed by atoms with Crippen LogP contribution < -0.4 is 14.8 Å². The van der Waals surface area contributed by atoms with Crippen molar-refractivity contribution in [2.24, 2.45) is 0 Å². The third kappa shape index (κ3) is 4.61. The smallest absolute Gasteiger partial charge is 0.266 e. The molecule has 2 rings (SSSR count). The van der Waals surface area contributed by atoms with E-state index in [1.165, 1.54) is 6.08 Å². The van der Waals surface area contributed by atoms with Crippen LogP contribution in [-0.2, 0) is 4.79 Å². The van der Waals surface area contributed by atoms with Gasteiger partial charge in [0.05, 0.1) is 13.7 Å². The maximum atomic E-state index is 12.4. The van der Waals surface area contributed by atoms with E-state index in [-0.39, 0.29) is 5.57 Å². The minimum atomic E-state index is -0.454. The molecule has 5 heteroatoms. The number of hydrogen-bond donors (Lipinski definition) is 1. The van der Waals surface area contributed by atoms with Crippen LogP contribution in [0.1, 0.15) is 18.1 Å². The van der Waals surface area contributed by atoms with Crippen LogP contribution in [0, 0.1) is 18.3 Å². The first kappa shape index (κ1) is 18.1. The summed E-state index contributed by atoms with van der Waals surface area (Å²) in [7, 11) is 1.54. The number of hydrogen-bond acceptors (Lipinski definition) is 4. The van der Waals surface area contributed by atoms with Crippen molar-refractivity contribution in [3.8, 4) is 17.6 Å². The first-order valence-electron chi connectivity index (χ1n) is 7.88. The lowest BCUT2D eigenvalue weighted by molar-refractivity contribution is -0.112. The van der Waals surface area contributed by atoms with Crippen molar-refractivity contribution in [1.29, 1.82) is 5.26 Å². The van der Waals surface area contributed by atoms with E-state index < -0.39 is 5.91 Å². The van der Waals surface area contributed by atoms with Crippen LogP contribution in [0.15, 0.2) is 48.0 Å². The predicted molar refractivity (Wildman–Crippen MR) is 97.6 cm³/mol. The number of carbonyl (C=O) groups is 1. The third-order valence-corrected chi connectivity index (χ3v) is 3.56. The number of para-hydroxylation sites is 1. The summed E-state index contributed by atoms with van der Waals surface area (Å²) in [6, 6.07) is 14.6. The van der Waals surface area contributed by atoms with E-state index >= 15 is 0 Å². The molecule has 0 aliphatic rings. The van der Waals surface area contributed by atoms with Gasteiger partial charge in [0.15, 0.2) is 11.5 Å². The summed E-state index contributed by atoms with van der Waals surface area (Å²) in [5, 5.41) is 12.1. The number of aryl methyl sites for hydroxylation is 1. The summed E-state index contributed by atoms with van der Waals surface area (Å²) in [4.78, 5) is 12.4. The Balaban J connectivity index is 2.26. The highest BCUT2D eigenvalue weighted by molar-refractivity contribution is 6.10. The third-order valence-electron chi connectivity index (χ3n) is 3.56. The molecule has 0 radical (unpaired) electrons. The highest BCUT2D eigenvalue weighted by atomic mass is 16.5. The molecular formula is C20H20N2O3. The van der Waals surface area contributed by atoms with Crippen molar-refractivity contribution in [2.75, 3.05) is 19.0 Å². The average Bonchev–Trinajstić information content (AvgIpc) is 2.62. The maximum absolute atomic E-state index is 12.4. The normalized spacial score (nSPS) is 10.7. The number of rotatable bonds is 6. The lowest BCUT2D eigenvalue weighted by Gasteiger charge is -2.10. The van der Waals surface area contributed by atoms with Crippen LogP contribution in [-0.4, -0.2) is 19.6 Å². The second-order valence-electron chi connectivity index (χ2n) is 5.28. The fourth-order valence-corrected chi connectivity index (χ4v) is 2.27. The molecule has 0 bridgehead atoms. The Kier molecular flexibility index (Phi) is 6.19. The zero-order valence-corrected chi connectivity index (χ0v) is 14.5. The zero-order valence-electron chi connectivity index (χ0n) is 14.5. The van der Waals surface area contributed by atoms with Crippen molar-refractivity contribution in [2.45, 2.75) is 13.8 Å². The van der Waals surface area contributed by atoms with Crippen molar-refractivity contribution >= 4 is 17.7 Å². The molecule has 25 heavy (non-hydrogen) atoms. The first-order valence-corrected chi connectivity index (χ1v) is 7.88. The van der Waals surface area contributed by atoms with Gasteiger partial charge in [0.25, 0.3) is 5.91 Å². The Labute approximate surface area is 147 Å². The highest BCUT2D eigenvalue weighted by Gasteiger charge is 2.12. The van der Waals surface area contributed by atoms with E-state index in [2.05, 4.69) is 5.32 Å². The van der Waals surface area contributed by atoms with Gasteiger partial charge in [0.2, 0.25) is 0 Å². The fraction of sp³-hybridized carbons (Fsp3) is 0.200.